The lowest BCUT2D eigenvalue weighted by molar-refractivity contribution is 0.350. The standard InChI is InChI=1S/C24H15BBrNO6/c25-15-16(26)19(28)13-14-18(22(31)24(33)23(32)20(14)29)27(17(13)21(15)30)12-8-4-7-11(9-12)10-5-2-1-3-6-10/h1-9,28-33H. The maximum Gasteiger partial charge on any atom is 0.206 e. The Bertz CT molecular complexity index is 1520. The molecule has 0 aliphatic heterocycles. The van der Waals surface area contributed by atoms with Crippen LogP contribution in [0.25, 0.3) is 38.6 Å². The van der Waals surface area contributed by atoms with Crippen LogP contribution in [-0.4, -0.2) is 43.1 Å². The number of halogens is 1. The maximum absolute atomic E-state index is 10.9. The number of phenols is 6. The van der Waals surface area contributed by atoms with Gasteiger partial charge in [-0.1, -0.05) is 42.5 Å². The number of hydrogen-bond acceptors (Lipinski definition) is 6. The molecular formula is C24H15BBrNO6. The Morgan fingerprint density at radius 2 is 1.18 bits per heavy atom. The van der Waals surface area contributed by atoms with Crippen LogP contribution in [0.5, 0.6) is 34.5 Å². The van der Waals surface area contributed by atoms with Crippen molar-refractivity contribution in [3.63, 3.8) is 0 Å². The largest absolute Gasteiger partial charge is 0.506 e. The zero-order valence-electron chi connectivity index (χ0n) is 16.8. The second-order valence-corrected chi connectivity index (χ2v) is 8.31. The molecule has 0 spiro atoms. The van der Waals surface area contributed by atoms with Crippen LogP contribution in [0.4, 0.5) is 0 Å². The van der Waals surface area contributed by atoms with Crippen molar-refractivity contribution in [2.75, 3.05) is 0 Å². The van der Waals surface area contributed by atoms with E-state index < -0.39 is 34.5 Å². The Hall–Kier alpha value is -3.98. The van der Waals surface area contributed by atoms with E-state index in [-0.39, 0.29) is 31.7 Å². The van der Waals surface area contributed by atoms with Crippen molar-refractivity contribution < 1.29 is 30.6 Å². The molecule has 6 N–H and O–H groups in total. The highest BCUT2D eigenvalue weighted by Gasteiger charge is 2.30. The van der Waals surface area contributed by atoms with Gasteiger partial charge in [0.1, 0.15) is 24.9 Å². The predicted octanol–water partition coefficient (Wildman–Crippen LogP) is 4.24. The van der Waals surface area contributed by atoms with Gasteiger partial charge in [-0.25, -0.2) is 0 Å². The van der Waals surface area contributed by atoms with Crippen LogP contribution in [0.15, 0.2) is 59.1 Å². The summed E-state index contributed by atoms with van der Waals surface area (Å²) in [6.07, 6.45) is 0. The van der Waals surface area contributed by atoms with Gasteiger partial charge in [-0.3, -0.25) is 0 Å². The van der Waals surface area contributed by atoms with Gasteiger partial charge in [0, 0.05) is 5.69 Å². The van der Waals surface area contributed by atoms with Crippen molar-refractivity contribution in [2.24, 2.45) is 0 Å². The van der Waals surface area contributed by atoms with Crippen LogP contribution >= 0.6 is 15.9 Å². The maximum atomic E-state index is 10.9. The van der Waals surface area contributed by atoms with E-state index in [0.29, 0.717) is 5.69 Å². The Balaban J connectivity index is 2.02. The molecule has 1 heterocycles. The van der Waals surface area contributed by atoms with E-state index in [1.165, 1.54) is 4.57 Å². The highest BCUT2D eigenvalue weighted by molar-refractivity contribution is 9.10. The van der Waals surface area contributed by atoms with Gasteiger partial charge >= 0.3 is 0 Å². The first-order chi connectivity index (χ1) is 15.7. The summed E-state index contributed by atoms with van der Waals surface area (Å²) in [5, 5.41) is 63.3. The molecule has 0 atom stereocenters. The van der Waals surface area contributed by atoms with Crippen molar-refractivity contribution in [3.05, 3.63) is 59.1 Å². The van der Waals surface area contributed by atoms with Crippen molar-refractivity contribution in [1.82, 2.24) is 4.57 Å². The Labute approximate surface area is 196 Å². The summed E-state index contributed by atoms with van der Waals surface area (Å²) >= 11 is 3.12. The summed E-state index contributed by atoms with van der Waals surface area (Å²) in [7, 11) is 5.98. The monoisotopic (exact) mass is 503 g/mol. The first-order valence-corrected chi connectivity index (χ1v) is 10.5. The van der Waals surface area contributed by atoms with E-state index in [1.807, 2.05) is 36.4 Å². The number of nitrogens with zero attached hydrogens (tertiary/aromatic N) is 1. The van der Waals surface area contributed by atoms with E-state index in [1.54, 1.807) is 18.2 Å². The van der Waals surface area contributed by atoms with Crippen LogP contribution in [-0.2, 0) is 0 Å². The lowest BCUT2D eigenvalue weighted by Crippen LogP contribution is -2.07. The molecule has 2 radical (unpaired) electrons. The molecular weight excluding hydrogens is 489 g/mol. The Morgan fingerprint density at radius 1 is 0.606 bits per heavy atom. The molecule has 162 valence electrons. The molecule has 0 unspecified atom stereocenters. The van der Waals surface area contributed by atoms with Crippen molar-refractivity contribution >= 4 is 51.0 Å². The third-order valence-corrected chi connectivity index (χ3v) is 6.48. The summed E-state index contributed by atoms with van der Waals surface area (Å²) < 4.78 is 1.32. The van der Waals surface area contributed by atoms with Gasteiger partial charge in [-0.15, -0.1) is 0 Å². The fourth-order valence-electron chi connectivity index (χ4n) is 4.12. The third kappa shape index (κ3) is 2.82. The second kappa shape index (κ2) is 7.28. The van der Waals surface area contributed by atoms with Crippen LogP contribution < -0.4 is 5.46 Å². The number of benzene rings is 4. The van der Waals surface area contributed by atoms with Crippen LogP contribution in [0.3, 0.4) is 0 Å². The van der Waals surface area contributed by atoms with E-state index in [2.05, 4.69) is 15.9 Å². The molecule has 0 aliphatic rings. The van der Waals surface area contributed by atoms with E-state index in [0.717, 1.165) is 11.1 Å². The second-order valence-electron chi connectivity index (χ2n) is 7.52. The quantitative estimate of drug-likeness (QED) is 0.121. The van der Waals surface area contributed by atoms with Gasteiger partial charge in [0.25, 0.3) is 0 Å². The molecule has 0 saturated heterocycles. The molecule has 0 fully saturated rings. The summed E-state index contributed by atoms with van der Waals surface area (Å²) in [6, 6.07) is 16.6. The predicted molar refractivity (Wildman–Crippen MR) is 129 cm³/mol. The minimum Gasteiger partial charge on any atom is -0.506 e. The average molecular weight is 504 g/mol. The van der Waals surface area contributed by atoms with E-state index in [9.17, 15) is 30.6 Å². The summed E-state index contributed by atoms with van der Waals surface area (Å²) in [5.74, 6) is -4.32. The minimum atomic E-state index is -0.969. The van der Waals surface area contributed by atoms with E-state index in [4.69, 9.17) is 7.85 Å². The van der Waals surface area contributed by atoms with Gasteiger partial charge < -0.3 is 35.2 Å². The molecule has 0 saturated carbocycles. The number of phenolic OH excluding ortho intramolecular Hbond substituents is 6. The number of rotatable bonds is 2. The van der Waals surface area contributed by atoms with Crippen molar-refractivity contribution in [2.45, 2.75) is 0 Å². The molecule has 0 aliphatic carbocycles. The first-order valence-electron chi connectivity index (χ1n) is 9.72. The summed E-state index contributed by atoms with van der Waals surface area (Å²) in [6.45, 7) is 0. The zero-order chi connectivity index (χ0) is 23.6. The fraction of sp³-hybridized carbons (Fsp3) is 0. The van der Waals surface area contributed by atoms with Crippen LogP contribution in [0.1, 0.15) is 0 Å². The van der Waals surface area contributed by atoms with Crippen LogP contribution in [0, 0.1) is 0 Å². The minimum absolute atomic E-state index is 0.0314. The van der Waals surface area contributed by atoms with Gasteiger partial charge in [0.2, 0.25) is 11.5 Å². The van der Waals surface area contributed by atoms with Gasteiger partial charge in [0.15, 0.2) is 11.5 Å². The van der Waals surface area contributed by atoms with Crippen molar-refractivity contribution in [1.29, 1.82) is 0 Å². The number of aromatic hydroxyl groups is 6. The smallest absolute Gasteiger partial charge is 0.206 e. The molecule has 9 heteroatoms. The lowest BCUT2D eigenvalue weighted by atomic mass is 9.92. The lowest BCUT2D eigenvalue weighted by Gasteiger charge is -2.14. The number of fused-ring (bicyclic) bond motifs is 3. The zero-order valence-corrected chi connectivity index (χ0v) is 18.4. The van der Waals surface area contributed by atoms with Crippen LogP contribution in [0.2, 0.25) is 0 Å². The fourth-order valence-corrected chi connectivity index (χ4v) is 4.50. The Kier molecular flexibility index (Phi) is 4.61. The molecule has 7 nitrogen and oxygen atoms in total. The van der Waals surface area contributed by atoms with Crippen molar-refractivity contribution in [3.8, 4) is 51.3 Å². The number of aromatic nitrogens is 1. The molecule has 1 aromatic heterocycles. The molecule has 0 amide bonds. The Morgan fingerprint density at radius 3 is 1.88 bits per heavy atom. The first kappa shape index (κ1) is 20.9. The molecule has 4 aromatic carbocycles. The molecule has 5 rings (SSSR count). The van der Waals surface area contributed by atoms with Gasteiger partial charge in [-0.05, 0) is 44.7 Å². The highest BCUT2D eigenvalue weighted by Crippen LogP contribution is 2.55. The highest BCUT2D eigenvalue weighted by atomic mass is 79.9. The topological polar surface area (TPSA) is 126 Å². The summed E-state index contributed by atoms with van der Waals surface area (Å²) in [5.41, 5.74) is 1.78. The number of hydrogen-bond donors (Lipinski definition) is 6. The van der Waals surface area contributed by atoms with Gasteiger partial charge in [0.05, 0.1) is 20.8 Å². The van der Waals surface area contributed by atoms with E-state index >= 15 is 0 Å². The summed E-state index contributed by atoms with van der Waals surface area (Å²) in [4.78, 5) is 0. The average Bonchev–Trinajstić information content (AvgIpc) is 3.20. The van der Waals surface area contributed by atoms with Gasteiger partial charge in [-0.2, -0.15) is 0 Å². The third-order valence-electron chi connectivity index (χ3n) is 5.68. The SMILES string of the molecule is [B]c1c(Br)c(O)c2c3c(O)c(O)c(O)c(O)c3n(-c3cccc(-c4ccccc4)c3)c2c1O. The molecule has 0 bridgehead atoms. The normalized spacial score (nSPS) is 11.4. The molecule has 5 aromatic rings. The molecule has 33 heavy (non-hydrogen) atoms.